The molecule has 0 aliphatic carbocycles. The normalized spacial score (nSPS) is 16.2. The van der Waals surface area contributed by atoms with E-state index in [1.54, 1.807) is 14.0 Å². The molecule has 1 aliphatic heterocycles. The lowest BCUT2D eigenvalue weighted by atomic mass is 9.81. The molecule has 0 spiro atoms. The fourth-order valence-electron chi connectivity index (χ4n) is 6.06. The average molecular weight is 589 g/mol. The van der Waals surface area contributed by atoms with Crippen LogP contribution in [0.4, 0.5) is 5.69 Å². The van der Waals surface area contributed by atoms with Gasteiger partial charge < -0.3 is 14.4 Å². The average Bonchev–Trinajstić information content (AvgIpc) is 2.98. The van der Waals surface area contributed by atoms with Crippen LogP contribution in [0.25, 0.3) is 0 Å². The number of hydrogen-bond acceptors (Lipinski definition) is 4. The van der Waals surface area contributed by atoms with Crippen molar-refractivity contribution in [2.45, 2.75) is 118 Å². The molecule has 43 heavy (non-hydrogen) atoms. The van der Waals surface area contributed by atoms with E-state index in [1.807, 2.05) is 41.4 Å². The maximum Gasteiger partial charge on any atom is 0.224 e. The molecule has 1 aliphatic rings. The summed E-state index contributed by atoms with van der Waals surface area (Å²) in [6, 6.07) is 14.3. The Kier molecular flexibility index (Phi) is 14.8. The molecule has 1 unspecified atom stereocenters. The van der Waals surface area contributed by atoms with E-state index in [-0.39, 0.29) is 11.3 Å². The van der Waals surface area contributed by atoms with Gasteiger partial charge in [-0.15, -0.1) is 0 Å². The van der Waals surface area contributed by atoms with Gasteiger partial charge in [-0.2, -0.15) is 0 Å². The van der Waals surface area contributed by atoms with Crippen LogP contribution in [-0.4, -0.2) is 32.4 Å². The van der Waals surface area contributed by atoms with E-state index in [4.69, 9.17) is 9.47 Å². The lowest BCUT2D eigenvalue weighted by molar-refractivity contribution is -0.116. The van der Waals surface area contributed by atoms with Crippen LogP contribution in [0.2, 0.25) is 0 Å². The van der Waals surface area contributed by atoms with Crippen LogP contribution in [0.15, 0.2) is 59.1 Å². The number of ether oxygens (including phenoxy) is 2. The Hall–Kier alpha value is -3.08. The first kappa shape index (κ1) is 34.4. The SMILES string of the molecule is CCCCCCCCCCCCCCOc1cc(CN(C(C)=O)c2cccc(CC3(C)C=C(C)C=NC3)c2)ccc1OC. The summed E-state index contributed by atoms with van der Waals surface area (Å²) < 4.78 is 11.8. The second-order valence-corrected chi connectivity index (χ2v) is 12.7. The number of amides is 1. The Morgan fingerprint density at radius 3 is 2.19 bits per heavy atom. The number of methoxy groups -OCH3 is 1. The molecule has 0 saturated carbocycles. The number of rotatable bonds is 20. The third-order valence-corrected chi connectivity index (χ3v) is 8.36. The number of benzene rings is 2. The highest BCUT2D eigenvalue weighted by Crippen LogP contribution is 2.32. The predicted molar refractivity (Wildman–Crippen MR) is 182 cm³/mol. The quantitative estimate of drug-likeness (QED) is 0.145. The van der Waals surface area contributed by atoms with Crippen molar-refractivity contribution in [3.8, 4) is 11.5 Å². The summed E-state index contributed by atoms with van der Waals surface area (Å²) >= 11 is 0. The van der Waals surface area contributed by atoms with Crippen molar-refractivity contribution in [1.82, 2.24) is 0 Å². The van der Waals surface area contributed by atoms with E-state index in [0.717, 1.165) is 42.1 Å². The lowest BCUT2D eigenvalue weighted by Gasteiger charge is -2.28. The number of dihydropyridines is 1. The number of unbranched alkanes of at least 4 members (excludes halogenated alkanes) is 11. The van der Waals surface area contributed by atoms with Crippen molar-refractivity contribution in [2.24, 2.45) is 10.4 Å². The molecule has 3 rings (SSSR count). The van der Waals surface area contributed by atoms with E-state index >= 15 is 0 Å². The van der Waals surface area contributed by atoms with Gasteiger partial charge in [-0.1, -0.05) is 109 Å². The number of carbonyl (C=O) groups is 1. The van der Waals surface area contributed by atoms with Gasteiger partial charge in [0.1, 0.15) is 0 Å². The number of nitrogens with zero attached hydrogens (tertiary/aromatic N) is 2. The van der Waals surface area contributed by atoms with Crippen LogP contribution in [-0.2, 0) is 17.8 Å². The molecule has 0 saturated heterocycles. The number of carbonyl (C=O) groups excluding carboxylic acids is 1. The Bertz CT molecular complexity index is 1190. The van der Waals surface area contributed by atoms with Gasteiger partial charge in [-0.3, -0.25) is 9.79 Å². The highest BCUT2D eigenvalue weighted by atomic mass is 16.5. The first-order valence-corrected chi connectivity index (χ1v) is 16.7. The Morgan fingerprint density at radius 2 is 1.56 bits per heavy atom. The third kappa shape index (κ3) is 12.2. The monoisotopic (exact) mass is 588 g/mol. The van der Waals surface area contributed by atoms with Crippen molar-refractivity contribution >= 4 is 17.8 Å². The van der Waals surface area contributed by atoms with Crippen LogP contribution >= 0.6 is 0 Å². The van der Waals surface area contributed by atoms with Gasteiger partial charge in [-0.05, 0) is 60.7 Å². The van der Waals surface area contributed by atoms with Crippen LogP contribution in [0, 0.1) is 5.41 Å². The molecule has 0 N–H and O–H groups in total. The number of hydrogen-bond donors (Lipinski definition) is 0. The summed E-state index contributed by atoms with van der Waals surface area (Å²) in [7, 11) is 1.67. The Morgan fingerprint density at radius 1 is 0.884 bits per heavy atom. The number of anilines is 1. The van der Waals surface area contributed by atoms with E-state index in [9.17, 15) is 4.79 Å². The molecule has 0 fully saturated rings. The van der Waals surface area contributed by atoms with Gasteiger partial charge in [0.05, 0.1) is 20.3 Å². The zero-order chi connectivity index (χ0) is 30.9. The summed E-state index contributed by atoms with van der Waals surface area (Å²) in [5.41, 5.74) is 4.30. The Balaban J connectivity index is 1.50. The van der Waals surface area contributed by atoms with Crippen molar-refractivity contribution in [2.75, 3.05) is 25.2 Å². The molecular weight excluding hydrogens is 532 g/mol. The maximum absolute atomic E-state index is 12.8. The molecule has 2 aromatic carbocycles. The largest absolute Gasteiger partial charge is 0.493 e. The van der Waals surface area contributed by atoms with E-state index in [1.165, 1.54) is 81.8 Å². The second kappa shape index (κ2) is 18.6. The van der Waals surface area contributed by atoms with Crippen LogP contribution < -0.4 is 14.4 Å². The molecule has 2 aromatic rings. The number of allylic oxidation sites excluding steroid dienone is 1. The first-order chi connectivity index (χ1) is 20.8. The maximum atomic E-state index is 12.8. The van der Waals surface area contributed by atoms with Gasteiger partial charge in [0.25, 0.3) is 0 Å². The molecule has 1 heterocycles. The Labute approximate surface area is 261 Å². The minimum atomic E-state index is -0.0196. The first-order valence-electron chi connectivity index (χ1n) is 16.7. The second-order valence-electron chi connectivity index (χ2n) is 12.7. The summed E-state index contributed by atoms with van der Waals surface area (Å²) in [6.45, 7) is 10.2. The minimum Gasteiger partial charge on any atom is -0.493 e. The third-order valence-electron chi connectivity index (χ3n) is 8.36. The highest BCUT2D eigenvalue weighted by Gasteiger charge is 2.24. The standard InChI is InChI=1S/C38H56N2O3/c1-6-7-8-9-10-11-12-13-14-15-16-17-23-43-37-25-34(21-22-36(37)42-5)29-40(32(3)41)35-20-18-19-33(24-35)27-38(4)26-31(2)28-39-30-38/h18-22,24-26,28H,6-17,23,27,29-30H2,1-5H3. The fraction of sp³-hybridized carbons (Fsp3) is 0.579. The fourth-order valence-corrected chi connectivity index (χ4v) is 6.06. The van der Waals surface area contributed by atoms with Crippen molar-refractivity contribution in [3.05, 3.63) is 65.2 Å². The molecule has 5 heteroatoms. The van der Waals surface area contributed by atoms with Gasteiger partial charge in [-0.25, -0.2) is 0 Å². The summed E-state index contributed by atoms with van der Waals surface area (Å²) in [5, 5.41) is 0. The van der Waals surface area contributed by atoms with Gasteiger partial charge in [0.15, 0.2) is 11.5 Å². The summed E-state index contributed by atoms with van der Waals surface area (Å²) in [4.78, 5) is 19.2. The zero-order valence-electron chi connectivity index (χ0n) is 27.6. The van der Waals surface area contributed by atoms with Crippen molar-refractivity contribution < 1.29 is 14.3 Å². The predicted octanol–water partition coefficient (Wildman–Crippen LogP) is 9.91. The van der Waals surface area contributed by atoms with Gasteiger partial charge in [0.2, 0.25) is 5.91 Å². The van der Waals surface area contributed by atoms with Crippen LogP contribution in [0.1, 0.15) is 116 Å². The van der Waals surface area contributed by atoms with E-state index < -0.39 is 0 Å². The highest BCUT2D eigenvalue weighted by molar-refractivity contribution is 5.91. The molecule has 0 aromatic heterocycles. The molecule has 236 valence electrons. The molecule has 0 radical (unpaired) electrons. The van der Waals surface area contributed by atoms with Crippen molar-refractivity contribution in [3.63, 3.8) is 0 Å². The topological polar surface area (TPSA) is 51.1 Å². The van der Waals surface area contributed by atoms with Gasteiger partial charge in [0, 0.05) is 30.8 Å². The summed E-state index contributed by atoms with van der Waals surface area (Å²) in [5.74, 6) is 1.48. The summed E-state index contributed by atoms with van der Waals surface area (Å²) in [6.07, 6.45) is 21.0. The smallest absolute Gasteiger partial charge is 0.224 e. The van der Waals surface area contributed by atoms with Gasteiger partial charge >= 0.3 is 0 Å². The molecule has 1 atom stereocenters. The van der Waals surface area contributed by atoms with Crippen LogP contribution in [0.3, 0.4) is 0 Å². The minimum absolute atomic E-state index is 0.0103. The van der Waals surface area contributed by atoms with Crippen LogP contribution in [0.5, 0.6) is 11.5 Å². The lowest BCUT2D eigenvalue weighted by Crippen LogP contribution is -2.28. The van der Waals surface area contributed by atoms with Crippen molar-refractivity contribution in [1.29, 1.82) is 0 Å². The van der Waals surface area contributed by atoms with E-state index in [2.05, 4.69) is 44.0 Å². The zero-order valence-corrected chi connectivity index (χ0v) is 27.6. The molecule has 0 bridgehead atoms. The molecule has 1 amide bonds. The number of aliphatic imine (C=N–C) groups is 1. The molecular formula is C38H56N2O3. The van der Waals surface area contributed by atoms with E-state index in [0.29, 0.717) is 13.2 Å². The molecule has 5 nitrogen and oxygen atoms in total.